The number of aliphatic hydroxyl groups excluding tert-OH is 1. The molecule has 3 aliphatic heterocycles. The lowest BCUT2D eigenvalue weighted by molar-refractivity contribution is -0.118. The van der Waals surface area contributed by atoms with E-state index in [4.69, 9.17) is 9.47 Å². The Hall–Kier alpha value is -3.61. The predicted octanol–water partition coefficient (Wildman–Crippen LogP) is 0.420. The van der Waals surface area contributed by atoms with Crippen LogP contribution in [-0.4, -0.2) is 75.4 Å². The van der Waals surface area contributed by atoms with Crippen LogP contribution in [-0.2, 0) is 11.3 Å². The van der Waals surface area contributed by atoms with E-state index < -0.39 is 11.9 Å². The number of β-amino-alcohol motifs (C(OH)–C–C–N with tert-alkyl or cyclic N) is 1. The molecule has 6 heterocycles. The van der Waals surface area contributed by atoms with E-state index in [0.717, 1.165) is 11.9 Å². The molecule has 1 saturated heterocycles. The Morgan fingerprint density at radius 2 is 2.11 bits per heavy atom. The van der Waals surface area contributed by atoms with Gasteiger partial charge in [0.05, 0.1) is 29.6 Å². The molecule has 3 N–H and O–H groups in total. The number of fused-ring (bicyclic) bond motifs is 1. The molecule has 3 aromatic rings. The van der Waals surface area contributed by atoms with Crippen molar-refractivity contribution >= 4 is 22.8 Å². The summed E-state index contributed by atoms with van der Waals surface area (Å²) < 4.78 is 26.9. The predicted molar refractivity (Wildman–Crippen MR) is 127 cm³/mol. The number of piperidine rings is 1. The van der Waals surface area contributed by atoms with E-state index in [1.54, 1.807) is 16.7 Å². The van der Waals surface area contributed by atoms with E-state index in [-0.39, 0.29) is 42.5 Å². The fourth-order valence-corrected chi connectivity index (χ4v) is 5.10. The van der Waals surface area contributed by atoms with E-state index in [9.17, 15) is 19.1 Å². The summed E-state index contributed by atoms with van der Waals surface area (Å²) in [4.78, 5) is 34.8. The van der Waals surface area contributed by atoms with Crippen LogP contribution in [0.5, 0.6) is 11.5 Å². The lowest BCUT2D eigenvalue weighted by Gasteiger charge is -2.39. The zero-order valence-electron chi connectivity index (χ0n) is 19.3. The standard InChI is InChI=1S/C24H25FN6O5/c25-15-8-27-17-2-4-21(34)31-14(11-36-23(15)22(17)31)9-30-6-5-16(18(32)10-30)26-7-13-1-3-19-24(28-13)29-20(33)12-35-19/h1-4,8,14,16,18,26,32H,5-7,9-12H2,(H,28,29,33)/t14-,16+,18-/m1/s1. The second kappa shape index (κ2) is 9.12. The maximum absolute atomic E-state index is 14.3. The average molecular weight is 496 g/mol. The van der Waals surface area contributed by atoms with Gasteiger partial charge in [0.2, 0.25) is 0 Å². The summed E-state index contributed by atoms with van der Waals surface area (Å²) in [6, 6.07) is 6.13. The molecule has 0 aromatic carbocycles. The van der Waals surface area contributed by atoms with Crippen LogP contribution in [0, 0.1) is 5.82 Å². The third kappa shape index (κ3) is 4.16. The molecule has 3 aromatic heterocycles. The Morgan fingerprint density at radius 3 is 2.97 bits per heavy atom. The summed E-state index contributed by atoms with van der Waals surface area (Å²) in [7, 11) is 0. The Balaban J connectivity index is 1.10. The summed E-state index contributed by atoms with van der Waals surface area (Å²) in [6.07, 6.45) is 1.15. The third-order valence-electron chi connectivity index (χ3n) is 6.85. The lowest BCUT2D eigenvalue weighted by atomic mass is 10.0. The van der Waals surface area contributed by atoms with E-state index in [0.29, 0.717) is 55.2 Å². The van der Waals surface area contributed by atoms with Crippen LogP contribution in [0.4, 0.5) is 10.2 Å². The summed E-state index contributed by atoms with van der Waals surface area (Å²) >= 11 is 0. The minimum atomic E-state index is -0.636. The van der Waals surface area contributed by atoms with Crippen LogP contribution in [0.15, 0.2) is 35.3 Å². The molecule has 0 unspecified atom stereocenters. The number of likely N-dealkylation sites (tertiary alicyclic amines) is 1. The number of nitrogens with one attached hydrogen (secondary N) is 2. The highest BCUT2D eigenvalue weighted by atomic mass is 19.1. The molecule has 11 nitrogen and oxygen atoms in total. The van der Waals surface area contributed by atoms with Gasteiger partial charge in [-0.1, -0.05) is 0 Å². The largest absolute Gasteiger partial charge is 0.486 e. The van der Waals surface area contributed by atoms with Gasteiger partial charge in [0.25, 0.3) is 11.5 Å². The van der Waals surface area contributed by atoms with Gasteiger partial charge in [-0.05, 0) is 31.2 Å². The van der Waals surface area contributed by atoms with Crippen molar-refractivity contribution < 1.29 is 23.8 Å². The fraction of sp³-hybridized carbons (Fsp3) is 0.417. The number of pyridine rings is 3. The number of rotatable bonds is 5. The van der Waals surface area contributed by atoms with Crippen molar-refractivity contribution in [2.75, 3.05) is 38.2 Å². The minimum absolute atomic E-state index is 0.0197. The Morgan fingerprint density at radius 1 is 1.22 bits per heavy atom. The van der Waals surface area contributed by atoms with Crippen LogP contribution in [0.25, 0.3) is 11.0 Å². The van der Waals surface area contributed by atoms with Crippen LogP contribution in [0.1, 0.15) is 18.2 Å². The number of hydrogen-bond donors (Lipinski definition) is 3. The number of hydrogen-bond acceptors (Lipinski definition) is 9. The van der Waals surface area contributed by atoms with E-state index in [1.807, 2.05) is 6.07 Å². The van der Waals surface area contributed by atoms with Gasteiger partial charge in [0, 0.05) is 31.7 Å². The maximum atomic E-state index is 14.3. The molecule has 0 saturated carbocycles. The highest BCUT2D eigenvalue weighted by molar-refractivity contribution is 5.94. The molecule has 1 fully saturated rings. The van der Waals surface area contributed by atoms with Crippen molar-refractivity contribution in [3.8, 4) is 11.5 Å². The number of amides is 1. The first kappa shape index (κ1) is 22.8. The molecular weight excluding hydrogens is 471 g/mol. The van der Waals surface area contributed by atoms with E-state index in [2.05, 4.69) is 25.5 Å². The van der Waals surface area contributed by atoms with Gasteiger partial charge in [0.15, 0.2) is 29.7 Å². The summed E-state index contributed by atoms with van der Waals surface area (Å²) in [5.41, 5.74) is 1.36. The number of halogens is 1. The summed E-state index contributed by atoms with van der Waals surface area (Å²) in [5, 5.41) is 16.9. The molecular formula is C24H25FN6O5. The van der Waals surface area contributed by atoms with Crippen molar-refractivity contribution in [3.63, 3.8) is 0 Å². The molecule has 3 atom stereocenters. The Kier molecular flexibility index (Phi) is 5.78. The molecule has 0 bridgehead atoms. The highest BCUT2D eigenvalue weighted by Crippen LogP contribution is 2.33. The fourth-order valence-electron chi connectivity index (χ4n) is 5.10. The molecule has 12 heteroatoms. The van der Waals surface area contributed by atoms with Gasteiger partial charge in [-0.3, -0.25) is 24.0 Å². The van der Waals surface area contributed by atoms with Gasteiger partial charge in [-0.2, -0.15) is 0 Å². The van der Waals surface area contributed by atoms with E-state index in [1.165, 1.54) is 6.07 Å². The van der Waals surface area contributed by atoms with Gasteiger partial charge in [0.1, 0.15) is 12.1 Å². The topological polar surface area (TPSA) is 131 Å². The van der Waals surface area contributed by atoms with Crippen molar-refractivity contribution in [2.24, 2.45) is 0 Å². The number of aromatic nitrogens is 3. The summed E-state index contributed by atoms with van der Waals surface area (Å²) in [5.74, 6) is 0.159. The van der Waals surface area contributed by atoms with Crippen LogP contribution < -0.4 is 25.7 Å². The number of aliphatic hydroxyl groups is 1. The van der Waals surface area contributed by atoms with Crippen molar-refractivity contribution in [3.05, 3.63) is 52.3 Å². The first-order valence-electron chi connectivity index (χ1n) is 11.8. The maximum Gasteiger partial charge on any atom is 0.263 e. The van der Waals surface area contributed by atoms with Gasteiger partial charge < -0.3 is 25.2 Å². The van der Waals surface area contributed by atoms with Crippen molar-refractivity contribution in [2.45, 2.75) is 31.2 Å². The molecule has 1 amide bonds. The number of carbonyl (C=O) groups excluding carboxylic acids is 1. The monoisotopic (exact) mass is 496 g/mol. The third-order valence-corrected chi connectivity index (χ3v) is 6.85. The second-order valence-corrected chi connectivity index (χ2v) is 9.26. The number of anilines is 1. The van der Waals surface area contributed by atoms with E-state index >= 15 is 0 Å². The van der Waals surface area contributed by atoms with Crippen LogP contribution >= 0.6 is 0 Å². The zero-order valence-corrected chi connectivity index (χ0v) is 19.3. The molecule has 6 rings (SSSR count). The van der Waals surface area contributed by atoms with Crippen molar-refractivity contribution in [1.29, 1.82) is 0 Å². The highest BCUT2D eigenvalue weighted by Gasteiger charge is 2.32. The Labute approximate surface area is 204 Å². The number of nitrogens with zero attached hydrogens (tertiary/aromatic N) is 4. The molecule has 36 heavy (non-hydrogen) atoms. The lowest BCUT2D eigenvalue weighted by Crippen LogP contribution is -2.54. The van der Waals surface area contributed by atoms with Gasteiger partial charge >= 0.3 is 0 Å². The SMILES string of the molecule is O=C1COc2ccc(CN[C@H]3CCN(C[C@@H]4COc5c(F)cnc6ccc(=O)n4c56)C[C@H]3O)nc2N1. The normalized spacial score (nSPS) is 23.5. The molecule has 0 aliphatic carbocycles. The summed E-state index contributed by atoms with van der Waals surface area (Å²) in [6.45, 7) is 2.15. The zero-order chi connectivity index (χ0) is 24.8. The quantitative estimate of drug-likeness (QED) is 0.460. The minimum Gasteiger partial charge on any atom is -0.486 e. The van der Waals surface area contributed by atoms with Gasteiger partial charge in [-0.25, -0.2) is 9.37 Å². The van der Waals surface area contributed by atoms with Crippen LogP contribution in [0.3, 0.4) is 0 Å². The molecule has 3 aliphatic rings. The first-order chi connectivity index (χ1) is 17.5. The molecule has 0 radical (unpaired) electrons. The van der Waals surface area contributed by atoms with Crippen LogP contribution in [0.2, 0.25) is 0 Å². The second-order valence-electron chi connectivity index (χ2n) is 9.26. The Bertz CT molecular complexity index is 1400. The number of carbonyl (C=O) groups is 1. The molecule has 0 spiro atoms. The van der Waals surface area contributed by atoms with Gasteiger partial charge in [-0.15, -0.1) is 0 Å². The first-order valence-corrected chi connectivity index (χ1v) is 11.8. The number of ether oxygens (including phenoxy) is 2. The molecule has 188 valence electrons. The smallest absolute Gasteiger partial charge is 0.263 e. The van der Waals surface area contributed by atoms with Crippen molar-refractivity contribution in [1.82, 2.24) is 24.8 Å². The average Bonchev–Trinajstić information content (AvgIpc) is 2.87.